The van der Waals surface area contributed by atoms with Crippen LogP contribution < -0.4 is 10.6 Å². The molecule has 5 nitrogen and oxygen atoms in total. The van der Waals surface area contributed by atoms with Crippen LogP contribution in [-0.2, 0) is 11.0 Å². The Hall–Kier alpha value is -2.45. The van der Waals surface area contributed by atoms with Gasteiger partial charge in [-0.05, 0) is 12.1 Å². The summed E-state index contributed by atoms with van der Waals surface area (Å²) in [6.07, 6.45) is -4.79. The third kappa shape index (κ3) is 3.60. The Balaban J connectivity index is 2.38. The summed E-state index contributed by atoms with van der Waals surface area (Å²) < 4.78 is 52.1. The van der Waals surface area contributed by atoms with Crippen molar-refractivity contribution >= 4 is 22.6 Å². The van der Waals surface area contributed by atoms with Crippen molar-refractivity contribution in [3.05, 3.63) is 29.8 Å². The summed E-state index contributed by atoms with van der Waals surface area (Å²) in [6.45, 7) is 1.65. The van der Waals surface area contributed by atoms with Crippen LogP contribution in [0.1, 0.15) is 12.7 Å². The van der Waals surface area contributed by atoms with Crippen LogP contribution in [0.5, 0.6) is 0 Å². The first-order chi connectivity index (χ1) is 10.3. The van der Waals surface area contributed by atoms with E-state index in [4.69, 9.17) is 0 Å². The lowest BCUT2D eigenvalue weighted by Crippen LogP contribution is -2.26. The molecule has 0 aliphatic rings. The number of para-hydroxylation sites is 1. The second-order valence-electron chi connectivity index (χ2n) is 4.44. The van der Waals surface area contributed by atoms with Gasteiger partial charge < -0.3 is 10.6 Å². The van der Waals surface area contributed by atoms with Crippen LogP contribution in [-0.4, -0.2) is 29.0 Å². The molecule has 0 aliphatic heterocycles. The number of alkyl halides is 3. The standard InChI is InChI=1S/C13H12F4N4O/c1-7(22)18-5-6-19-11-8-3-2-4-9(14)10(8)20-12(21-11)13(15,16)17/h2-4H,5-6H2,1H3,(H,18,22)(H,19,20,21). The fraction of sp³-hybridized carbons (Fsp3) is 0.308. The van der Waals surface area contributed by atoms with Gasteiger partial charge in [0.05, 0.1) is 0 Å². The Morgan fingerprint density at radius 3 is 2.59 bits per heavy atom. The van der Waals surface area contributed by atoms with Crippen molar-refractivity contribution in [2.75, 3.05) is 18.4 Å². The largest absolute Gasteiger partial charge is 0.451 e. The van der Waals surface area contributed by atoms with E-state index in [2.05, 4.69) is 20.6 Å². The van der Waals surface area contributed by atoms with Gasteiger partial charge in [0.15, 0.2) is 0 Å². The van der Waals surface area contributed by atoms with Gasteiger partial charge in [0.1, 0.15) is 17.2 Å². The lowest BCUT2D eigenvalue weighted by atomic mass is 10.2. The number of carbonyl (C=O) groups is 1. The Morgan fingerprint density at radius 1 is 1.23 bits per heavy atom. The number of benzene rings is 1. The van der Waals surface area contributed by atoms with Crippen molar-refractivity contribution in [1.82, 2.24) is 15.3 Å². The maximum atomic E-state index is 13.7. The number of amides is 1. The van der Waals surface area contributed by atoms with Crippen LogP contribution in [0.2, 0.25) is 0 Å². The minimum Gasteiger partial charge on any atom is -0.368 e. The first kappa shape index (κ1) is 15.9. The van der Waals surface area contributed by atoms with Crippen LogP contribution in [0.15, 0.2) is 18.2 Å². The first-order valence-electron chi connectivity index (χ1n) is 6.31. The number of carbonyl (C=O) groups excluding carboxylic acids is 1. The number of halogens is 4. The van der Waals surface area contributed by atoms with Gasteiger partial charge >= 0.3 is 6.18 Å². The van der Waals surface area contributed by atoms with Crippen molar-refractivity contribution in [2.45, 2.75) is 13.1 Å². The molecule has 0 atom stereocenters. The van der Waals surface area contributed by atoms with Crippen molar-refractivity contribution < 1.29 is 22.4 Å². The number of hydrogen-bond donors (Lipinski definition) is 2. The summed E-state index contributed by atoms with van der Waals surface area (Å²) in [4.78, 5) is 17.4. The van der Waals surface area contributed by atoms with Crippen molar-refractivity contribution in [1.29, 1.82) is 0 Å². The predicted molar refractivity (Wildman–Crippen MR) is 71.7 cm³/mol. The molecule has 9 heteroatoms. The summed E-state index contributed by atoms with van der Waals surface area (Å²) in [6, 6.07) is 3.79. The molecule has 2 rings (SSSR count). The fourth-order valence-electron chi connectivity index (χ4n) is 1.80. The van der Waals surface area contributed by atoms with Gasteiger partial charge in [-0.25, -0.2) is 14.4 Å². The van der Waals surface area contributed by atoms with E-state index in [1.54, 1.807) is 0 Å². The Labute approximate surface area is 122 Å². The Morgan fingerprint density at radius 2 is 1.95 bits per heavy atom. The Kier molecular flexibility index (Phi) is 4.43. The molecule has 2 aromatic rings. The van der Waals surface area contributed by atoms with Crippen LogP contribution in [0, 0.1) is 5.82 Å². The highest BCUT2D eigenvalue weighted by atomic mass is 19.4. The molecule has 1 aromatic carbocycles. The van der Waals surface area contributed by atoms with Crippen LogP contribution in [0.3, 0.4) is 0 Å². The fourth-order valence-corrected chi connectivity index (χ4v) is 1.80. The van der Waals surface area contributed by atoms with E-state index < -0.39 is 23.3 Å². The molecule has 0 unspecified atom stereocenters. The highest BCUT2D eigenvalue weighted by molar-refractivity contribution is 5.89. The summed E-state index contributed by atoms with van der Waals surface area (Å²) in [5, 5.41) is 5.26. The summed E-state index contributed by atoms with van der Waals surface area (Å²) in [5.41, 5.74) is -0.410. The average Bonchev–Trinajstić information content (AvgIpc) is 2.42. The normalized spacial score (nSPS) is 11.5. The van der Waals surface area contributed by atoms with Crippen LogP contribution >= 0.6 is 0 Å². The van der Waals surface area contributed by atoms with Crippen LogP contribution in [0.4, 0.5) is 23.4 Å². The van der Waals surface area contributed by atoms with Gasteiger partial charge in [0.25, 0.3) is 0 Å². The van der Waals surface area contributed by atoms with E-state index in [0.29, 0.717) is 0 Å². The monoisotopic (exact) mass is 316 g/mol. The minimum absolute atomic E-state index is 0.135. The Bertz CT molecular complexity index is 702. The SMILES string of the molecule is CC(=O)NCCNc1nc(C(F)(F)F)nc2c(F)cccc12. The molecule has 0 saturated carbocycles. The topological polar surface area (TPSA) is 66.9 Å². The molecule has 0 fully saturated rings. The first-order valence-corrected chi connectivity index (χ1v) is 6.31. The molecule has 0 saturated heterocycles. The number of nitrogens with one attached hydrogen (secondary N) is 2. The molecular weight excluding hydrogens is 304 g/mol. The number of fused-ring (bicyclic) bond motifs is 1. The molecule has 0 bridgehead atoms. The molecule has 0 radical (unpaired) electrons. The third-order valence-electron chi connectivity index (χ3n) is 2.72. The van der Waals surface area contributed by atoms with E-state index in [1.165, 1.54) is 19.1 Å². The molecule has 118 valence electrons. The summed E-state index contributed by atoms with van der Waals surface area (Å²) in [7, 11) is 0. The summed E-state index contributed by atoms with van der Waals surface area (Å²) >= 11 is 0. The van der Waals surface area contributed by atoms with E-state index in [1.807, 2.05) is 0 Å². The van der Waals surface area contributed by atoms with Gasteiger partial charge in [-0.1, -0.05) is 6.07 Å². The second kappa shape index (κ2) is 6.12. The molecule has 0 spiro atoms. The van der Waals surface area contributed by atoms with Crippen molar-refractivity contribution in [2.24, 2.45) is 0 Å². The van der Waals surface area contributed by atoms with E-state index >= 15 is 0 Å². The van der Waals surface area contributed by atoms with E-state index in [9.17, 15) is 22.4 Å². The van der Waals surface area contributed by atoms with Gasteiger partial charge in [-0.2, -0.15) is 13.2 Å². The number of aromatic nitrogens is 2. The molecule has 0 aliphatic carbocycles. The molecule has 1 aromatic heterocycles. The zero-order valence-corrected chi connectivity index (χ0v) is 11.5. The highest BCUT2D eigenvalue weighted by Gasteiger charge is 2.35. The number of hydrogen-bond acceptors (Lipinski definition) is 4. The molecular formula is C13H12F4N4O. The lowest BCUT2D eigenvalue weighted by molar-refractivity contribution is -0.144. The smallest absolute Gasteiger partial charge is 0.368 e. The zero-order valence-electron chi connectivity index (χ0n) is 11.5. The zero-order chi connectivity index (χ0) is 16.3. The molecule has 1 amide bonds. The maximum absolute atomic E-state index is 13.7. The molecule has 22 heavy (non-hydrogen) atoms. The molecule has 1 heterocycles. The van der Waals surface area contributed by atoms with Crippen LogP contribution in [0.25, 0.3) is 10.9 Å². The minimum atomic E-state index is -4.79. The van der Waals surface area contributed by atoms with E-state index in [0.717, 1.165) is 6.07 Å². The van der Waals surface area contributed by atoms with Gasteiger partial charge in [0.2, 0.25) is 11.7 Å². The average molecular weight is 316 g/mol. The quantitative estimate of drug-likeness (QED) is 0.671. The lowest BCUT2D eigenvalue weighted by Gasteiger charge is -2.12. The maximum Gasteiger partial charge on any atom is 0.451 e. The second-order valence-corrected chi connectivity index (χ2v) is 4.44. The van der Waals surface area contributed by atoms with Crippen molar-refractivity contribution in [3.63, 3.8) is 0 Å². The predicted octanol–water partition coefficient (Wildman–Crippen LogP) is 2.34. The summed E-state index contributed by atoms with van der Waals surface area (Å²) in [5.74, 6) is -2.69. The van der Waals surface area contributed by atoms with E-state index in [-0.39, 0.29) is 30.2 Å². The van der Waals surface area contributed by atoms with Crippen molar-refractivity contribution in [3.8, 4) is 0 Å². The highest BCUT2D eigenvalue weighted by Crippen LogP contribution is 2.30. The number of rotatable bonds is 4. The third-order valence-corrected chi connectivity index (χ3v) is 2.72. The van der Waals surface area contributed by atoms with Gasteiger partial charge in [-0.15, -0.1) is 0 Å². The van der Waals surface area contributed by atoms with Gasteiger partial charge in [-0.3, -0.25) is 4.79 Å². The number of nitrogens with zero attached hydrogens (tertiary/aromatic N) is 2. The number of anilines is 1. The van der Waals surface area contributed by atoms with Gasteiger partial charge in [0, 0.05) is 25.4 Å². The molecule has 2 N–H and O–H groups in total.